The van der Waals surface area contributed by atoms with Crippen LogP contribution in [-0.4, -0.2) is 26.6 Å². The largest absolute Gasteiger partial charge is 0.336 e. The van der Waals surface area contributed by atoms with Crippen LogP contribution >= 0.6 is 0 Å². The highest BCUT2D eigenvalue weighted by Crippen LogP contribution is 2.42. The summed E-state index contributed by atoms with van der Waals surface area (Å²) < 4.78 is 5.35. The normalized spacial score (nSPS) is 12.7. The van der Waals surface area contributed by atoms with E-state index in [1.54, 1.807) is 31.2 Å². The number of Topliss-reactive ketones (excluding diaryl/α,β-unsaturated/α-hetero) is 2. The van der Waals surface area contributed by atoms with Gasteiger partial charge in [0.1, 0.15) is 0 Å². The second kappa shape index (κ2) is 5.90. The molecule has 140 valence electrons. The van der Waals surface area contributed by atoms with E-state index < -0.39 is 16.5 Å². The molecule has 0 saturated carbocycles. The monoisotopic (exact) mass is 385 g/mol. The lowest BCUT2D eigenvalue weighted by atomic mass is 9.82. The fraction of sp³-hybridized carbons (Fsp3) is 0.0476. The quantitative estimate of drug-likeness (QED) is 0.289. The van der Waals surface area contributed by atoms with Gasteiger partial charge in [0.2, 0.25) is 11.6 Å². The number of aryl methyl sites for hydroxylation is 1. The fourth-order valence-electron chi connectivity index (χ4n) is 3.70. The molecule has 0 spiro atoms. The Morgan fingerprint density at radius 1 is 0.931 bits per heavy atom. The van der Waals surface area contributed by atoms with Gasteiger partial charge in [-0.2, -0.15) is 0 Å². The number of carbonyl (C=O) groups excluding carboxylic acids is 2. The zero-order valence-corrected chi connectivity index (χ0v) is 15.0. The van der Waals surface area contributed by atoms with Crippen LogP contribution in [0, 0.1) is 17.0 Å². The minimum atomic E-state index is -0.679. The van der Waals surface area contributed by atoms with Gasteiger partial charge in [0.15, 0.2) is 0 Å². The van der Waals surface area contributed by atoms with Gasteiger partial charge in [-0.1, -0.05) is 29.4 Å². The SMILES string of the molecule is Cc1noc2nc3c(c(-c4ccc([N+](=O)[O-])cc4)c12)C(=O)C(=O)c1ccccc1-3. The Hall–Kier alpha value is -4.20. The van der Waals surface area contributed by atoms with Gasteiger partial charge in [-0.15, -0.1) is 0 Å². The summed E-state index contributed by atoms with van der Waals surface area (Å²) in [6.07, 6.45) is 0. The molecule has 4 aromatic rings. The number of benzene rings is 2. The molecule has 0 atom stereocenters. The average Bonchev–Trinajstić information content (AvgIpc) is 3.11. The number of nitro groups is 1. The summed E-state index contributed by atoms with van der Waals surface area (Å²) in [6.45, 7) is 1.71. The topological polar surface area (TPSA) is 116 Å². The molecule has 0 unspecified atom stereocenters. The first-order valence-electron chi connectivity index (χ1n) is 8.70. The Kier molecular flexibility index (Phi) is 3.44. The van der Waals surface area contributed by atoms with Crippen LogP contribution in [0.5, 0.6) is 0 Å². The zero-order chi connectivity index (χ0) is 20.3. The first-order valence-corrected chi connectivity index (χ1v) is 8.70. The van der Waals surface area contributed by atoms with Gasteiger partial charge >= 0.3 is 0 Å². The standard InChI is InChI=1S/C21H11N3O5/c1-10-15-16(11-6-8-12(9-7-11)24(27)28)17-18(22-21(15)29-23-10)13-4-2-3-5-14(13)19(25)20(17)26/h2-9H,1H3. The highest BCUT2D eigenvalue weighted by molar-refractivity contribution is 6.54. The number of hydrogen-bond acceptors (Lipinski definition) is 7. The van der Waals surface area contributed by atoms with Crippen LogP contribution in [0.2, 0.25) is 0 Å². The molecule has 0 amide bonds. The zero-order valence-electron chi connectivity index (χ0n) is 15.0. The Morgan fingerprint density at radius 2 is 1.62 bits per heavy atom. The van der Waals surface area contributed by atoms with Gasteiger partial charge in [-0.25, -0.2) is 4.98 Å². The number of aromatic nitrogens is 2. The Bertz CT molecular complexity index is 1370. The molecule has 0 fully saturated rings. The lowest BCUT2D eigenvalue weighted by molar-refractivity contribution is -0.384. The molecule has 2 aromatic carbocycles. The van der Waals surface area contributed by atoms with Gasteiger partial charge in [0, 0.05) is 28.8 Å². The second-order valence-electron chi connectivity index (χ2n) is 6.67. The molecule has 0 radical (unpaired) electrons. The minimum absolute atomic E-state index is 0.0808. The predicted octanol–water partition coefficient (Wildman–Crippen LogP) is 4.15. The van der Waals surface area contributed by atoms with Crippen LogP contribution in [0.3, 0.4) is 0 Å². The molecule has 2 aromatic heterocycles. The third-order valence-corrected chi connectivity index (χ3v) is 5.02. The molecular formula is C21H11N3O5. The van der Waals surface area contributed by atoms with Crippen LogP contribution in [0.25, 0.3) is 33.5 Å². The van der Waals surface area contributed by atoms with Crippen molar-refractivity contribution in [1.29, 1.82) is 0 Å². The van der Waals surface area contributed by atoms with Crippen molar-refractivity contribution in [3.05, 3.63) is 75.5 Å². The second-order valence-corrected chi connectivity index (χ2v) is 6.67. The van der Waals surface area contributed by atoms with E-state index in [1.165, 1.54) is 24.3 Å². The Labute approximate surface area is 162 Å². The van der Waals surface area contributed by atoms with Gasteiger partial charge in [0.05, 0.1) is 27.3 Å². The first kappa shape index (κ1) is 16.9. The number of carbonyl (C=O) groups is 2. The summed E-state index contributed by atoms with van der Waals surface area (Å²) in [6, 6.07) is 12.5. The number of ketones is 2. The van der Waals surface area contributed by atoms with Crippen LogP contribution < -0.4 is 0 Å². The number of nitrogens with zero attached hydrogens (tertiary/aromatic N) is 3. The smallest absolute Gasteiger partial charge is 0.269 e. The van der Waals surface area contributed by atoms with Gasteiger partial charge in [-0.3, -0.25) is 19.7 Å². The third-order valence-electron chi connectivity index (χ3n) is 5.02. The molecule has 1 aliphatic rings. The lowest BCUT2D eigenvalue weighted by Crippen LogP contribution is -2.23. The number of fused-ring (bicyclic) bond motifs is 4. The van der Waals surface area contributed by atoms with Crippen LogP contribution in [-0.2, 0) is 0 Å². The Morgan fingerprint density at radius 3 is 2.31 bits per heavy atom. The van der Waals surface area contributed by atoms with E-state index in [9.17, 15) is 19.7 Å². The number of pyridine rings is 1. The molecule has 1 aliphatic carbocycles. The highest BCUT2D eigenvalue weighted by atomic mass is 16.6. The van der Waals surface area contributed by atoms with Gasteiger partial charge in [-0.05, 0) is 24.6 Å². The van der Waals surface area contributed by atoms with E-state index in [2.05, 4.69) is 10.1 Å². The molecule has 8 heteroatoms. The van der Waals surface area contributed by atoms with E-state index >= 15 is 0 Å². The van der Waals surface area contributed by atoms with Crippen molar-refractivity contribution in [1.82, 2.24) is 10.1 Å². The van der Waals surface area contributed by atoms with Crippen LogP contribution in [0.15, 0.2) is 53.1 Å². The molecule has 0 aliphatic heterocycles. The van der Waals surface area contributed by atoms with Crippen molar-refractivity contribution >= 4 is 28.4 Å². The van der Waals surface area contributed by atoms with Crippen molar-refractivity contribution in [2.45, 2.75) is 6.92 Å². The summed E-state index contributed by atoms with van der Waals surface area (Å²) >= 11 is 0. The van der Waals surface area contributed by atoms with E-state index in [4.69, 9.17) is 4.52 Å². The summed E-state index contributed by atoms with van der Waals surface area (Å²) in [5.74, 6) is -1.30. The number of hydrogen-bond donors (Lipinski definition) is 0. The van der Waals surface area contributed by atoms with Crippen molar-refractivity contribution in [2.24, 2.45) is 0 Å². The highest BCUT2D eigenvalue weighted by Gasteiger charge is 2.36. The number of rotatable bonds is 2. The molecule has 0 bridgehead atoms. The van der Waals surface area contributed by atoms with E-state index in [0.717, 1.165) is 0 Å². The first-order chi connectivity index (χ1) is 14.0. The Balaban J connectivity index is 1.92. The number of nitro benzene ring substituents is 1. The average molecular weight is 385 g/mol. The predicted molar refractivity (Wildman–Crippen MR) is 103 cm³/mol. The molecule has 29 heavy (non-hydrogen) atoms. The van der Waals surface area contributed by atoms with Gasteiger partial charge in [0.25, 0.3) is 11.4 Å². The van der Waals surface area contributed by atoms with Gasteiger partial charge < -0.3 is 4.52 Å². The van der Waals surface area contributed by atoms with Crippen molar-refractivity contribution < 1.29 is 19.0 Å². The summed E-state index contributed by atoms with van der Waals surface area (Å²) in [7, 11) is 0. The van der Waals surface area contributed by atoms with E-state index in [1.807, 2.05) is 0 Å². The van der Waals surface area contributed by atoms with Crippen molar-refractivity contribution in [2.75, 3.05) is 0 Å². The van der Waals surface area contributed by atoms with Crippen molar-refractivity contribution in [3.63, 3.8) is 0 Å². The third kappa shape index (κ3) is 2.32. The maximum Gasteiger partial charge on any atom is 0.269 e. The molecule has 0 N–H and O–H groups in total. The molecular weight excluding hydrogens is 374 g/mol. The van der Waals surface area contributed by atoms with E-state index in [0.29, 0.717) is 33.5 Å². The van der Waals surface area contributed by atoms with E-state index in [-0.39, 0.29) is 22.5 Å². The number of non-ortho nitro benzene ring substituents is 1. The maximum absolute atomic E-state index is 13.1. The molecule has 0 saturated heterocycles. The molecule has 8 nitrogen and oxygen atoms in total. The fourth-order valence-corrected chi connectivity index (χ4v) is 3.70. The minimum Gasteiger partial charge on any atom is -0.336 e. The molecule has 5 rings (SSSR count). The molecule has 2 heterocycles. The maximum atomic E-state index is 13.1. The lowest BCUT2D eigenvalue weighted by Gasteiger charge is -2.20. The summed E-state index contributed by atoms with van der Waals surface area (Å²) in [4.78, 5) is 40.8. The van der Waals surface area contributed by atoms with Crippen LogP contribution in [0.4, 0.5) is 5.69 Å². The van der Waals surface area contributed by atoms with Crippen molar-refractivity contribution in [3.8, 4) is 22.4 Å². The van der Waals surface area contributed by atoms with Crippen LogP contribution in [0.1, 0.15) is 26.4 Å². The summed E-state index contributed by atoms with van der Waals surface area (Å²) in [5.41, 5.74) is 2.92. The summed E-state index contributed by atoms with van der Waals surface area (Å²) in [5, 5.41) is 15.5.